The normalized spacial score (nSPS) is 14.9. The number of aliphatic hydroxyl groups excluding tert-OH is 1. The Balaban J connectivity index is 1.69. The zero-order chi connectivity index (χ0) is 16.7. The summed E-state index contributed by atoms with van der Waals surface area (Å²) in [4.78, 5) is 11.7. The molecular formula is C16H21NO6. The lowest BCUT2D eigenvalue weighted by atomic mass is 10.3. The van der Waals surface area contributed by atoms with Gasteiger partial charge in [-0.15, -0.1) is 6.58 Å². The largest absolute Gasteiger partial charge is 0.491 e. The molecule has 2 unspecified atom stereocenters. The van der Waals surface area contributed by atoms with Gasteiger partial charge in [0.15, 0.2) is 11.5 Å². The predicted molar refractivity (Wildman–Crippen MR) is 82.7 cm³/mol. The second-order valence-electron chi connectivity index (χ2n) is 4.99. The van der Waals surface area contributed by atoms with Gasteiger partial charge in [-0.1, -0.05) is 6.08 Å². The maximum Gasteiger partial charge on any atom is 0.248 e. The maximum absolute atomic E-state index is 11.7. The fraction of sp³-hybridized carbons (Fsp3) is 0.438. The smallest absolute Gasteiger partial charge is 0.248 e. The summed E-state index contributed by atoms with van der Waals surface area (Å²) in [5.74, 6) is 1.54. The minimum absolute atomic E-state index is 0.0435. The van der Waals surface area contributed by atoms with E-state index in [1.165, 1.54) is 0 Å². The molecule has 1 aliphatic heterocycles. The van der Waals surface area contributed by atoms with Crippen molar-refractivity contribution < 1.29 is 28.8 Å². The van der Waals surface area contributed by atoms with E-state index in [2.05, 4.69) is 11.9 Å². The van der Waals surface area contributed by atoms with Crippen LogP contribution in [0.15, 0.2) is 30.9 Å². The first-order valence-corrected chi connectivity index (χ1v) is 7.31. The third-order valence-corrected chi connectivity index (χ3v) is 3.13. The van der Waals surface area contributed by atoms with E-state index < -0.39 is 12.2 Å². The van der Waals surface area contributed by atoms with Crippen LogP contribution in [0.2, 0.25) is 0 Å². The highest BCUT2D eigenvalue weighted by Gasteiger charge is 2.16. The highest BCUT2D eigenvalue weighted by molar-refractivity contribution is 5.80. The van der Waals surface area contributed by atoms with Crippen molar-refractivity contribution in [2.24, 2.45) is 0 Å². The average Bonchev–Trinajstić information content (AvgIpc) is 3.03. The molecule has 1 aromatic rings. The van der Waals surface area contributed by atoms with Gasteiger partial charge in [0, 0.05) is 12.6 Å². The van der Waals surface area contributed by atoms with Gasteiger partial charge in [-0.2, -0.15) is 0 Å². The summed E-state index contributed by atoms with van der Waals surface area (Å²) >= 11 is 0. The molecule has 2 rings (SSSR count). The van der Waals surface area contributed by atoms with Crippen LogP contribution in [-0.4, -0.2) is 49.8 Å². The third-order valence-electron chi connectivity index (χ3n) is 3.13. The zero-order valence-corrected chi connectivity index (χ0v) is 13.0. The second kappa shape index (κ2) is 8.40. The first kappa shape index (κ1) is 17.1. The zero-order valence-electron chi connectivity index (χ0n) is 13.0. The van der Waals surface area contributed by atoms with E-state index >= 15 is 0 Å². The molecule has 1 aromatic carbocycles. The highest BCUT2D eigenvalue weighted by Crippen LogP contribution is 2.35. The van der Waals surface area contributed by atoms with Gasteiger partial charge in [0.1, 0.15) is 24.6 Å². The van der Waals surface area contributed by atoms with E-state index in [4.69, 9.17) is 18.9 Å². The van der Waals surface area contributed by atoms with Crippen molar-refractivity contribution in [2.45, 2.75) is 19.1 Å². The molecule has 1 heterocycles. The number of ether oxygens (including phenoxy) is 4. The molecule has 2 N–H and O–H groups in total. The van der Waals surface area contributed by atoms with Gasteiger partial charge in [-0.05, 0) is 19.1 Å². The van der Waals surface area contributed by atoms with Crippen molar-refractivity contribution in [3.8, 4) is 17.2 Å². The molecule has 7 heteroatoms. The minimum Gasteiger partial charge on any atom is -0.491 e. The third kappa shape index (κ3) is 5.15. The Kier molecular flexibility index (Phi) is 6.25. The van der Waals surface area contributed by atoms with Crippen molar-refractivity contribution in [1.82, 2.24) is 5.32 Å². The van der Waals surface area contributed by atoms with Crippen molar-refractivity contribution in [3.05, 3.63) is 30.9 Å². The summed E-state index contributed by atoms with van der Waals surface area (Å²) in [6, 6.07) is 5.16. The number of amides is 1. The monoisotopic (exact) mass is 323 g/mol. The van der Waals surface area contributed by atoms with E-state index in [1.807, 2.05) is 0 Å². The van der Waals surface area contributed by atoms with Gasteiger partial charge < -0.3 is 29.4 Å². The first-order valence-electron chi connectivity index (χ1n) is 7.31. The lowest BCUT2D eigenvalue weighted by molar-refractivity contribution is -0.131. The summed E-state index contributed by atoms with van der Waals surface area (Å²) in [6.07, 6.45) is 0.128. The lowest BCUT2D eigenvalue weighted by Crippen LogP contribution is -2.40. The first-order chi connectivity index (χ1) is 11.1. The van der Waals surface area contributed by atoms with E-state index in [0.29, 0.717) is 23.9 Å². The predicted octanol–water partition coefficient (Wildman–Crippen LogP) is 0.862. The van der Waals surface area contributed by atoms with Gasteiger partial charge in [0.2, 0.25) is 12.7 Å². The van der Waals surface area contributed by atoms with Gasteiger partial charge in [-0.3, -0.25) is 4.79 Å². The van der Waals surface area contributed by atoms with Crippen LogP contribution < -0.4 is 19.5 Å². The highest BCUT2D eigenvalue weighted by atomic mass is 16.7. The van der Waals surface area contributed by atoms with Crippen molar-refractivity contribution >= 4 is 5.91 Å². The molecule has 7 nitrogen and oxygen atoms in total. The van der Waals surface area contributed by atoms with Gasteiger partial charge >= 0.3 is 0 Å². The van der Waals surface area contributed by atoms with Crippen LogP contribution in [0.25, 0.3) is 0 Å². The molecule has 0 aliphatic carbocycles. The molecule has 0 aromatic heterocycles. The summed E-state index contributed by atoms with van der Waals surface area (Å²) in [5.41, 5.74) is 0. The fourth-order valence-electron chi connectivity index (χ4n) is 1.87. The SMILES string of the molecule is C=CCOC(C)C(=O)NCC(O)COc1ccc2c(c1)OCO2. The molecule has 1 amide bonds. The minimum atomic E-state index is -0.837. The maximum atomic E-state index is 11.7. The summed E-state index contributed by atoms with van der Waals surface area (Å²) in [7, 11) is 0. The second-order valence-corrected chi connectivity index (χ2v) is 4.99. The Hall–Kier alpha value is -2.25. The van der Waals surface area contributed by atoms with Crippen LogP contribution in [-0.2, 0) is 9.53 Å². The Labute approximate surface area is 134 Å². The van der Waals surface area contributed by atoms with Crippen LogP contribution in [0.1, 0.15) is 6.92 Å². The van der Waals surface area contributed by atoms with Crippen LogP contribution in [0, 0.1) is 0 Å². The molecule has 0 radical (unpaired) electrons. The quantitative estimate of drug-likeness (QED) is 0.656. The number of carbonyl (C=O) groups is 1. The molecule has 1 aliphatic rings. The number of hydrogen-bond acceptors (Lipinski definition) is 6. The molecule has 0 spiro atoms. The number of fused-ring (bicyclic) bond motifs is 1. The van der Waals surface area contributed by atoms with E-state index in [9.17, 15) is 9.90 Å². The Morgan fingerprint density at radius 1 is 1.48 bits per heavy atom. The van der Waals surface area contributed by atoms with Crippen molar-refractivity contribution in [2.75, 3.05) is 26.6 Å². The molecule has 126 valence electrons. The van der Waals surface area contributed by atoms with Crippen LogP contribution in [0.3, 0.4) is 0 Å². The number of aliphatic hydroxyl groups is 1. The lowest BCUT2D eigenvalue weighted by Gasteiger charge is -2.16. The fourth-order valence-corrected chi connectivity index (χ4v) is 1.87. The van der Waals surface area contributed by atoms with Gasteiger partial charge in [-0.25, -0.2) is 0 Å². The topological polar surface area (TPSA) is 86.3 Å². The van der Waals surface area contributed by atoms with Crippen LogP contribution in [0.4, 0.5) is 0 Å². The standard InChI is InChI=1S/C16H21NO6/c1-3-6-20-11(2)16(19)17-8-12(18)9-21-13-4-5-14-15(7-13)23-10-22-14/h3-5,7,11-12,18H,1,6,8-10H2,2H3,(H,17,19). The van der Waals surface area contributed by atoms with E-state index in [-0.39, 0.29) is 25.9 Å². The summed E-state index contributed by atoms with van der Waals surface area (Å²) in [6.45, 7) is 5.75. The Bertz CT molecular complexity index is 547. The van der Waals surface area contributed by atoms with Crippen molar-refractivity contribution in [1.29, 1.82) is 0 Å². The molecule has 0 bridgehead atoms. The van der Waals surface area contributed by atoms with E-state index in [1.54, 1.807) is 31.2 Å². The van der Waals surface area contributed by atoms with Gasteiger partial charge in [0.25, 0.3) is 0 Å². The summed E-state index contributed by atoms with van der Waals surface area (Å²) in [5, 5.41) is 12.5. The Morgan fingerprint density at radius 3 is 3.04 bits per heavy atom. The molecule has 0 saturated carbocycles. The van der Waals surface area contributed by atoms with Gasteiger partial charge in [0.05, 0.1) is 6.61 Å². The molecule has 0 fully saturated rings. The molecular weight excluding hydrogens is 302 g/mol. The average molecular weight is 323 g/mol. The molecule has 0 saturated heterocycles. The molecule has 2 atom stereocenters. The van der Waals surface area contributed by atoms with E-state index in [0.717, 1.165) is 0 Å². The molecule has 23 heavy (non-hydrogen) atoms. The Morgan fingerprint density at radius 2 is 2.26 bits per heavy atom. The van der Waals surface area contributed by atoms with Crippen LogP contribution in [0.5, 0.6) is 17.2 Å². The number of benzene rings is 1. The number of rotatable bonds is 9. The number of nitrogens with one attached hydrogen (secondary N) is 1. The van der Waals surface area contributed by atoms with Crippen molar-refractivity contribution in [3.63, 3.8) is 0 Å². The number of hydrogen-bond donors (Lipinski definition) is 2. The number of carbonyl (C=O) groups excluding carboxylic acids is 1. The van der Waals surface area contributed by atoms with Crippen LogP contribution >= 0.6 is 0 Å². The summed E-state index contributed by atoms with van der Waals surface area (Å²) < 4.78 is 21.1.